The predicted octanol–water partition coefficient (Wildman–Crippen LogP) is 2.28. The van der Waals surface area contributed by atoms with Crippen LogP contribution < -0.4 is 4.74 Å². The van der Waals surface area contributed by atoms with E-state index in [0.717, 1.165) is 5.56 Å². The van der Waals surface area contributed by atoms with Gasteiger partial charge in [0.15, 0.2) is 6.10 Å². The molecule has 0 N–H and O–H groups in total. The van der Waals surface area contributed by atoms with E-state index in [2.05, 4.69) is 0 Å². The first kappa shape index (κ1) is 9.46. The third kappa shape index (κ3) is 1.73. The maximum absolute atomic E-state index is 12.8. The fraction of sp³-hybridized carbons (Fsp3) is 0.300. The molecule has 2 nitrogen and oxygen atoms in total. The Hall–Kier alpha value is -1.09. The lowest BCUT2D eigenvalue weighted by atomic mass is 10.0. The maximum atomic E-state index is 12.8. The number of fused-ring (bicyclic) bond motifs is 1. The summed E-state index contributed by atoms with van der Waals surface area (Å²) < 4.78 is 18.1. The van der Waals surface area contributed by atoms with Gasteiger partial charge in [0.1, 0.15) is 11.6 Å². The Bertz CT molecular complexity index is 378. The van der Waals surface area contributed by atoms with E-state index < -0.39 is 11.3 Å². The van der Waals surface area contributed by atoms with E-state index in [1.165, 1.54) is 18.2 Å². The van der Waals surface area contributed by atoms with Gasteiger partial charge in [0.25, 0.3) is 5.24 Å². The van der Waals surface area contributed by atoms with E-state index in [0.29, 0.717) is 18.6 Å². The largest absolute Gasteiger partial charge is 0.481 e. The highest BCUT2D eigenvalue weighted by Gasteiger charge is 2.24. The highest BCUT2D eigenvalue weighted by molar-refractivity contribution is 6.64. The molecule has 1 aromatic carbocycles. The molecule has 4 heteroatoms. The zero-order valence-electron chi connectivity index (χ0n) is 7.30. The molecule has 1 aromatic rings. The third-order valence-corrected chi connectivity index (χ3v) is 2.46. The zero-order valence-corrected chi connectivity index (χ0v) is 8.05. The molecule has 74 valence electrons. The van der Waals surface area contributed by atoms with Crippen molar-refractivity contribution >= 4 is 16.8 Å². The van der Waals surface area contributed by atoms with Crippen molar-refractivity contribution in [1.29, 1.82) is 0 Å². The first-order valence-electron chi connectivity index (χ1n) is 4.31. The Balaban J connectivity index is 2.27. The van der Waals surface area contributed by atoms with E-state index in [1.807, 2.05) is 0 Å². The van der Waals surface area contributed by atoms with Crippen molar-refractivity contribution in [3.8, 4) is 5.75 Å². The van der Waals surface area contributed by atoms with Crippen LogP contribution in [0.5, 0.6) is 5.75 Å². The first-order chi connectivity index (χ1) is 6.66. The van der Waals surface area contributed by atoms with Crippen LogP contribution in [-0.4, -0.2) is 11.3 Å². The van der Waals surface area contributed by atoms with Gasteiger partial charge in [-0.15, -0.1) is 0 Å². The quantitative estimate of drug-likeness (QED) is 0.671. The summed E-state index contributed by atoms with van der Waals surface area (Å²) >= 11 is 5.32. The maximum Gasteiger partial charge on any atom is 0.262 e. The van der Waals surface area contributed by atoms with Gasteiger partial charge >= 0.3 is 0 Å². The van der Waals surface area contributed by atoms with Gasteiger partial charge in [0.2, 0.25) is 0 Å². The van der Waals surface area contributed by atoms with Gasteiger partial charge in [-0.1, -0.05) is 0 Å². The molecule has 1 heterocycles. The number of benzene rings is 1. The Kier molecular flexibility index (Phi) is 2.42. The normalized spacial score (nSPS) is 19.7. The molecular formula is C10H8ClFO2. The van der Waals surface area contributed by atoms with Crippen molar-refractivity contribution in [2.75, 3.05) is 0 Å². The SMILES string of the molecule is O=C(Cl)[C@H]1CCc2cc(F)ccc2O1. The summed E-state index contributed by atoms with van der Waals surface area (Å²) in [6, 6.07) is 4.25. The van der Waals surface area contributed by atoms with E-state index in [1.54, 1.807) is 0 Å². The number of aryl methyl sites for hydroxylation is 1. The van der Waals surface area contributed by atoms with Crippen molar-refractivity contribution in [1.82, 2.24) is 0 Å². The highest BCUT2D eigenvalue weighted by atomic mass is 35.5. The number of ether oxygens (including phenoxy) is 1. The number of hydrogen-bond donors (Lipinski definition) is 0. The van der Waals surface area contributed by atoms with Crippen molar-refractivity contribution in [2.24, 2.45) is 0 Å². The number of rotatable bonds is 1. The smallest absolute Gasteiger partial charge is 0.262 e. The standard InChI is InChI=1S/C10H8ClFO2/c11-10(13)9-3-1-6-5-7(12)2-4-8(6)14-9/h2,4-5,9H,1,3H2/t9-/m1/s1. The summed E-state index contributed by atoms with van der Waals surface area (Å²) in [5, 5.41) is -0.500. The molecular weight excluding hydrogens is 207 g/mol. The minimum atomic E-state index is -0.588. The second kappa shape index (κ2) is 3.58. The van der Waals surface area contributed by atoms with E-state index in [-0.39, 0.29) is 5.82 Å². The fourth-order valence-corrected chi connectivity index (χ4v) is 1.67. The molecule has 14 heavy (non-hydrogen) atoms. The second-order valence-electron chi connectivity index (χ2n) is 3.20. The Labute approximate surface area is 85.6 Å². The molecule has 1 aliphatic rings. The van der Waals surface area contributed by atoms with Crippen molar-refractivity contribution in [2.45, 2.75) is 18.9 Å². The Morgan fingerprint density at radius 1 is 1.57 bits per heavy atom. The summed E-state index contributed by atoms with van der Waals surface area (Å²) in [7, 11) is 0. The number of halogens is 2. The lowest BCUT2D eigenvalue weighted by molar-refractivity contribution is -0.118. The average Bonchev–Trinajstić information content (AvgIpc) is 2.16. The lowest BCUT2D eigenvalue weighted by Crippen LogP contribution is -2.28. The third-order valence-electron chi connectivity index (χ3n) is 2.22. The molecule has 0 bridgehead atoms. The van der Waals surface area contributed by atoms with Crippen molar-refractivity contribution in [3.63, 3.8) is 0 Å². The van der Waals surface area contributed by atoms with Crippen molar-refractivity contribution in [3.05, 3.63) is 29.6 Å². The molecule has 0 radical (unpaired) electrons. The van der Waals surface area contributed by atoms with Gasteiger partial charge < -0.3 is 4.74 Å². The van der Waals surface area contributed by atoms with Gasteiger partial charge in [-0.05, 0) is 48.2 Å². The van der Waals surface area contributed by atoms with Gasteiger partial charge in [0.05, 0.1) is 0 Å². The highest BCUT2D eigenvalue weighted by Crippen LogP contribution is 2.28. The average molecular weight is 215 g/mol. The molecule has 0 saturated heterocycles. The van der Waals surface area contributed by atoms with E-state index in [9.17, 15) is 9.18 Å². The summed E-state index contributed by atoms with van der Waals surface area (Å²) in [6.45, 7) is 0. The molecule has 1 aliphatic heterocycles. The van der Waals surface area contributed by atoms with Crippen LogP contribution in [-0.2, 0) is 11.2 Å². The second-order valence-corrected chi connectivity index (χ2v) is 3.57. The Morgan fingerprint density at radius 2 is 2.36 bits per heavy atom. The van der Waals surface area contributed by atoms with Crippen LogP contribution in [0.4, 0.5) is 4.39 Å². The monoisotopic (exact) mass is 214 g/mol. The van der Waals surface area contributed by atoms with Gasteiger partial charge in [-0.25, -0.2) is 4.39 Å². The van der Waals surface area contributed by atoms with Crippen LogP contribution in [0.1, 0.15) is 12.0 Å². The number of carbonyl (C=O) groups excluding carboxylic acids is 1. The van der Waals surface area contributed by atoms with Crippen LogP contribution in [0.25, 0.3) is 0 Å². The van der Waals surface area contributed by atoms with E-state index in [4.69, 9.17) is 16.3 Å². The minimum Gasteiger partial charge on any atom is -0.481 e. The molecule has 1 atom stereocenters. The zero-order chi connectivity index (χ0) is 10.1. The molecule has 0 fully saturated rings. The molecule has 0 saturated carbocycles. The topological polar surface area (TPSA) is 26.3 Å². The predicted molar refractivity (Wildman–Crippen MR) is 50.0 cm³/mol. The van der Waals surface area contributed by atoms with Crippen molar-refractivity contribution < 1.29 is 13.9 Å². The van der Waals surface area contributed by atoms with Gasteiger partial charge in [-0.3, -0.25) is 4.79 Å². The number of hydrogen-bond acceptors (Lipinski definition) is 2. The van der Waals surface area contributed by atoms with Crippen LogP contribution in [0.15, 0.2) is 18.2 Å². The summed E-state index contributed by atoms with van der Waals surface area (Å²) in [5.41, 5.74) is 0.791. The van der Waals surface area contributed by atoms with Crippen LogP contribution >= 0.6 is 11.6 Å². The number of carbonyl (C=O) groups is 1. The van der Waals surface area contributed by atoms with Crippen LogP contribution in [0.3, 0.4) is 0 Å². The molecule has 0 aromatic heterocycles. The lowest BCUT2D eigenvalue weighted by Gasteiger charge is -2.23. The summed E-state index contributed by atoms with van der Waals surface area (Å²) in [6.07, 6.45) is 0.546. The van der Waals surface area contributed by atoms with E-state index >= 15 is 0 Å². The van der Waals surface area contributed by atoms with Crippen LogP contribution in [0.2, 0.25) is 0 Å². The Morgan fingerprint density at radius 3 is 3.07 bits per heavy atom. The summed E-state index contributed by atoms with van der Waals surface area (Å²) in [5.74, 6) is 0.264. The first-order valence-corrected chi connectivity index (χ1v) is 4.69. The van der Waals surface area contributed by atoms with Gasteiger partial charge in [-0.2, -0.15) is 0 Å². The molecule has 2 rings (SSSR count). The van der Waals surface area contributed by atoms with Gasteiger partial charge in [0, 0.05) is 0 Å². The minimum absolute atomic E-state index is 0.289. The summed E-state index contributed by atoms with van der Waals surface area (Å²) in [4.78, 5) is 10.8. The fourth-order valence-electron chi connectivity index (χ4n) is 1.52. The van der Waals surface area contributed by atoms with Crippen LogP contribution in [0, 0.1) is 5.82 Å². The molecule has 0 aliphatic carbocycles. The molecule has 0 unspecified atom stereocenters. The molecule has 0 amide bonds. The molecule has 0 spiro atoms.